The summed E-state index contributed by atoms with van der Waals surface area (Å²) in [5.74, 6) is 0.202. The van der Waals surface area contributed by atoms with E-state index in [-0.39, 0.29) is 36.0 Å². The number of nitrogens with one attached hydrogen (secondary N) is 4. The number of hydrogen-bond acceptors (Lipinski definition) is 5. The van der Waals surface area contributed by atoms with E-state index in [1.807, 2.05) is 66.1 Å². The number of aromatic nitrogens is 4. The Hall–Kier alpha value is -4.92. The highest BCUT2D eigenvalue weighted by Gasteiger charge is 2.28. The maximum absolute atomic E-state index is 13.7. The number of aryl methyl sites for hydroxylation is 2. The van der Waals surface area contributed by atoms with Gasteiger partial charge in [-0.1, -0.05) is 55.4 Å². The molecular weight excluding hydrogens is 640 g/mol. The number of Topliss-reactive ketones (excluding diaryl/α,β-unsaturated/α-hetero) is 4. The molecule has 0 saturated carbocycles. The molecule has 0 spiro atoms. The third-order valence-corrected chi connectivity index (χ3v) is 10.3. The Balaban J connectivity index is 1.45. The molecule has 0 atom stereocenters. The Labute approximate surface area is 300 Å². The van der Waals surface area contributed by atoms with Crippen LogP contribution in [0.3, 0.4) is 0 Å². The molecule has 5 aromatic heterocycles. The van der Waals surface area contributed by atoms with Gasteiger partial charge < -0.3 is 24.4 Å². The van der Waals surface area contributed by atoms with Crippen LogP contribution in [0.5, 0.6) is 0 Å². The predicted octanol–water partition coefficient (Wildman–Crippen LogP) is 9.34. The molecule has 5 aromatic rings. The topological polar surface area (TPSA) is 145 Å². The highest BCUT2D eigenvalue weighted by molar-refractivity contribution is 6.14. The van der Waals surface area contributed by atoms with Crippen LogP contribution in [0.1, 0.15) is 155 Å². The normalized spacial score (nSPS) is 11.5. The highest BCUT2D eigenvalue weighted by Crippen LogP contribution is 2.37. The van der Waals surface area contributed by atoms with Crippen LogP contribution < -0.4 is 0 Å². The number of aromatic amines is 4. The van der Waals surface area contributed by atoms with Crippen molar-refractivity contribution in [3.8, 4) is 22.9 Å². The number of H-pyrrole nitrogens is 4. The summed E-state index contributed by atoms with van der Waals surface area (Å²) in [6, 6.07) is 3.75. The fraction of sp³-hybridized carbons (Fsp3) is 0.429. The van der Waals surface area contributed by atoms with Gasteiger partial charge in [-0.05, 0) is 108 Å². The first kappa shape index (κ1) is 37.3. The molecule has 4 N–H and O–H groups in total. The molecule has 0 aliphatic carbocycles. The van der Waals surface area contributed by atoms with Crippen molar-refractivity contribution in [2.24, 2.45) is 0 Å². The number of furan rings is 1. The van der Waals surface area contributed by atoms with Gasteiger partial charge in [0.15, 0.2) is 34.7 Å². The number of rotatable bonds is 18. The summed E-state index contributed by atoms with van der Waals surface area (Å²) in [7, 11) is 0. The summed E-state index contributed by atoms with van der Waals surface area (Å²) >= 11 is 0. The van der Waals surface area contributed by atoms with E-state index in [1.165, 1.54) is 0 Å². The van der Waals surface area contributed by atoms with Gasteiger partial charge in [-0.3, -0.25) is 19.2 Å². The van der Waals surface area contributed by atoms with E-state index in [2.05, 4.69) is 33.8 Å². The molecule has 0 amide bonds. The zero-order chi connectivity index (χ0) is 37.0. The van der Waals surface area contributed by atoms with Crippen LogP contribution in [0.4, 0.5) is 0 Å². The van der Waals surface area contributed by atoms with Crippen molar-refractivity contribution in [2.75, 3.05) is 0 Å². The molecule has 5 heterocycles. The molecule has 0 radical (unpaired) electrons. The Morgan fingerprint density at radius 2 is 0.784 bits per heavy atom. The molecule has 5 rings (SSSR count). The van der Waals surface area contributed by atoms with E-state index in [1.54, 1.807) is 0 Å². The number of carbonyl (C=O) groups is 4. The van der Waals surface area contributed by atoms with E-state index in [0.29, 0.717) is 71.4 Å². The molecule has 51 heavy (non-hydrogen) atoms. The Kier molecular flexibility index (Phi) is 11.7. The van der Waals surface area contributed by atoms with Crippen molar-refractivity contribution in [1.29, 1.82) is 0 Å². The Morgan fingerprint density at radius 3 is 1.10 bits per heavy atom. The molecule has 9 heteroatoms. The van der Waals surface area contributed by atoms with Gasteiger partial charge in [0.25, 0.3) is 0 Å². The summed E-state index contributed by atoms with van der Waals surface area (Å²) in [5.41, 5.74) is 11.2. The summed E-state index contributed by atoms with van der Waals surface area (Å²) in [6.07, 6.45) is 8.91. The lowest BCUT2D eigenvalue weighted by atomic mass is 9.98. The lowest BCUT2D eigenvalue weighted by molar-refractivity contribution is 0.0872. The fourth-order valence-electron chi connectivity index (χ4n) is 7.79. The second-order valence-corrected chi connectivity index (χ2v) is 13.0. The van der Waals surface area contributed by atoms with Gasteiger partial charge in [0, 0.05) is 12.4 Å². The summed E-state index contributed by atoms with van der Waals surface area (Å²) in [4.78, 5) is 67.0. The van der Waals surface area contributed by atoms with Gasteiger partial charge in [-0.2, -0.15) is 0 Å². The van der Waals surface area contributed by atoms with Crippen LogP contribution in [0.2, 0.25) is 0 Å². The maximum atomic E-state index is 13.7. The SMILES string of the molecule is CCc1c[nH]c(C(=O)CC(=O)c2[nH]c(-c3ccc(-c4[nH]c(C(=O)CC(=O)c5[nH]cc(CC)c5CC)c(CC)c4CC)o3)c(CC)c2CC)c1CC. The molecule has 0 saturated heterocycles. The predicted molar refractivity (Wildman–Crippen MR) is 201 cm³/mol. The molecule has 270 valence electrons. The molecule has 0 aliphatic rings. The van der Waals surface area contributed by atoms with Gasteiger partial charge in [0.1, 0.15) is 0 Å². The zero-order valence-corrected chi connectivity index (χ0v) is 31.4. The second-order valence-electron chi connectivity index (χ2n) is 13.0. The number of ketones is 4. The average molecular weight is 693 g/mol. The molecule has 0 fully saturated rings. The van der Waals surface area contributed by atoms with Crippen molar-refractivity contribution in [1.82, 2.24) is 19.9 Å². The number of hydrogen-bond donors (Lipinski definition) is 4. The first-order valence-electron chi connectivity index (χ1n) is 18.7. The van der Waals surface area contributed by atoms with Crippen molar-refractivity contribution in [2.45, 2.75) is 120 Å². The minimum atomic E-state index is -0.251. The minimum absolute atomic E-state index is 0.213. The molecule has 0 unspecified atom stereocenters. The fourth-order valence-corrected chi connectivity index (χ4v) is 7.79. The summed E-state index contributed by atoms with van der Waals surface area (Å²) in [5, 5.41) is 0. The standard InChI is InChI=1S/C42H52N4O5/c1-9-23-21-43-37(25(23)11-3)31(47)19-33(49)39-27(13-5)29(15-7)41(45-39)35-17-18-36(51-35)42-30(16-8)28(14-6)40(46-42)34(50)20-32(48)38-26(12-4)24(10-2)22-44-38/h17-18,21-22,43-46H,9-16,19-20H2,1-8H3. The van der Waals surface area contributed by atoms with Crippen LogP contribution in [0.25, 0.3) is 22.9 Å². The first-order valence-corrected chi connectivity index (χ1v) is 18.7. The van der Waals surface area contributed by atoms with Gasteiger partial charge in [-0.15, -0.1) is 0 Å². The lowest BCUT2D eigenvalue weighted by Crippen LogP contribution is -2.12. The van der Waals surface area contributed by atoms with Crippen molar-refractivity contribution >= 4 is 23.1 Å². The maximum Gasteiger partial charge on any atom is 0.187 e. The smallest absolute Gasteiger partial charge is 0.187 e. The molecule has 0 bridgehead atoms. The quantitative estimate of drug-likeness (QED) is 0.0534. The van der Waals surface area contributed by atoms with E-state index >= 15 is 0 Å². The van der Waals surface area contributed by atoms with Gasteiger partial charge in [0.05, 0.1) is 47.0 Å². The van der Waals surface area contributed by atoms with E-state index in [9.17, 15) is 19.2 Å². The van der Waals surface area contributed by atoms with Crippen LogP contribution in [-0.2, 0) is 51.4 Å². The van der Waals surface area contributed by atoms with Gasteiger partial charge in [-0.25, -0.2) is 0 Å². The third-order valence-electron chi connectivity index (χ3n) is 10.3. The molecule has 0 aliphatic heterocycles. The average Bonchev–Trinajstić information content (AvgIpc) is 3.97. The molecular formula is C42H52N4O5. The van der Waals surface area contributed by atoms with E-state index in [0.717, 1.165) is 70.2 Å². The van der Waals surface area contributed by atoms with Crippen LogP contribution in [0, 0.1) is 0 Å². The van der Waals surface area contributed by atoms with Crippen molar-refractivity contribution in [3.63, 3.8) is 0 Å². The monoisotopic (exact) mass is 692 g/mol. The summed E-state index contributed by atoms with van der Waals surface area (Å²) in [6.45, 7) is 16.3. The van der Waals surface area contributed by atoms with E-state index < -0.39 is 0 Å². The van der Waals surface area contributed by atoms with Crippen molar-refractivity contribution in [3.05, 3.63) is 91.8 Å². The molecule has 9 nitrogen and oxygen atoms in total. The van der Waals surface area contributed by atoms with Gasteiger partial charge in [0.2, 0.25) is 0 Å². The van der Waals surface area contributed by atoms with Gasteiger partial charge >= 0.3 is 0 Å². The van der Waals surface area contributed by atoms with Crippen LogP contribution in [-0.4, -0.2) is 43.1 Å². The lowest BCUT2D eigenvalue weighted by Gasteiger charge is -2.05. The van der Waals surface area contributed by atoms with Crippen LogP contribution >= 0.6 is 0 Å². The third kappa shape index (κ3) is 6.90. The number of carbonyl (C=O) groups excluding carboxylic acids is 4. The molecule has 0 aromatic carbocycles. The summed E-state index contributed by atoms with van der Waals surface area (Å²) < 4.78 is 6.49. The largest absolute Gasteiger partial charge is 0.453 e. The Morgan fingerprint density at radius 1 is 0.451 bits per heavy atom. The van der Waals surface area contributed by atoms with Crippen LogP contribution in [0.15, 0.2) is 28.9 Å². The second kappa shape index (κ2) is 16.0. The zero-order valence-electron chi connectivity index (χ0n) is 31.4. The first-order chi connectivity index (χ1) is 24.6. The minimum Gasteiger partial charge on any atom is -0.453 e. The van der Waals surface area contributed by atoms with Crippen molar-refractivity contribution < 1.29 is 23.6 Å². The highest BCUT2D eigenvalue weighted by atomic mass is 16.3. The Bertz CT molecular complexity index is 1930. The van der Waals surface area contributed by atoms with E-state index in [4.69, 9.17) is 4.42 Å².